The van der Waals surface area contributed by atoms with E-state index in [4.69, 9.17) is 0 Å². The molecule has 0 spiro atoms. The Bertz CT molecular complexity index is 1340. The molecule has 0 N–H and O–H groups in total. The molecular formula is C18F38O. The summed E-state index contributed by atoms with van der Waals surface area (Å²) in [6.45, 7) is 0. The van der Waals surface area contributed by atoms with Crippen molar-refractivity contribution in [1.82, 2.24) is 0 Å². The topological polar surface area (TPSA) is 9.23 Å². The summed E-state index contributed by atoms with van der Waals surface area (Å²) in [4.78, 5) is 0. The Labute approximate surface area is 280 Å². The minimum atomic E-state index is -10.5. The first-order chi connectivity index (χ1) is 23.7. The maximum absolute atomic E-state index is 14.5. The van der Waals surface area contributed by atoms with Gasteiger partial charge in [0.15, 0.2) is 0 Å². The highest BCUT2D eigenvalue weighted by atomic mass is 19.5. The molecule has 2 unspecified atom stereocenters. The highest BCUT2D eigenvalue weighted by Gasteiger charge is 3.01. The summed E-state index contributed by atoms with van der Waals surface area (Å²) >= 11 is 0. The summed E-state index contributed by atoms with van der Waals surface area (Å²) in [6.07, 6.45) is -36.4. The maximum atomic E-state index is 14.5. The van der Waals surface area contributed by atoms with Crippen LogP contribution in [0.2, 0.25) is 0 Å². The Balaban J connectivity index is 8.36. The fourth-order valence-corrected chi connectivity index (χ4v) is 3.13. The SMILES string of the molecule is FC(F)(F)C(F)(F)C(F)(F)C(F)(F)C(F)(F)C(F)(F)C(F)(F)C(F)(OC(F)(C(F)(F)F)C(F)(F)C(F)(F)C(F)(F)C(F)(F)C(F)(F)C(F)(F)C(F)(F)F)C(F)(F)F. The second-order valence-electron chi connectivity index (χ2n) is 10.2. The van der Waals surface area contributed by atoms with Gasteiger partial charge in [0.1, 0.15) is 0 Å². The first kappa shape index (κ1) is 54.3. The van der Waals surface area contributed by atoms with Crippen LogP contribution in [-0.2, 0) is 4.74 Å². The molecule has 0 radical (unpaired) electrons. The molecule has 57 heavy (non-hydrogen) atoms. The van der Waals surface area contributed by atoms with Crippen molar-refractivity contribution >= 4 is 0 Å². The Morgan fingerprint density at radius 2 is 0.263 bits per heavy atom. The van der Waals surface area contributed by atoms with E-state index in [-0.39, 0.29) is 4.74 Å². The van der Waals surface area contributed by atoms with E-state index in [0.717, 1.165) is 0 Å². The van der Waals surface area contributed by atoms with E-state index in [1.165, 1.54) is 0 Å². The molecule has 0 aliphatic heterocycles. The lowest BCUT2D eigenvalue weighted by molar-refractivity contribution is -0.545. The van der Waals surface area contributed by atoms with Crippen molar-refractivity contribution in [2.24, 2.45) is 0 Å². The Kier molecular flexibility index (Phi) is 12.3. The maximum Gasteiger partial charge on any atom is 0.460 e. The first-order valence-corrected chi connectivity index (χ1v) is 11.6. The molecule has 0 aliphatic carbocycles. The van der Waals surface area contributed by atoms with Crippen molar-refractivity contribution in [2.45, 2.75) is 107 Å². The molecule has 0 bridgehead atoms. The van der Waals surface area contributed by atoms with Crippen molar-refractivity contribution < 1.29 is 172 Å². The van der Waals surface area contributed by atoms with Crippen LogP contribution in [0.4, 0.5) is 167 Å². The molecule has 0 saturated heterocycles. The van der Waals surface area contributed by atoms with Crippen LogP contribution in [0.5, 0.6) is 0 Å². The highest BCUT2D eigenvalue weighted by Crippen LogP contribution is 2.69. The lowest BCUT2D eigenvalue weighted by Gasteiger charge is -2.48. The van der Waals surface area contributed by atoms with Crippen LogP contribution >= 0.6 is 0 Å². The average Bonchev–Trinajstić information content (AvgIpc) is 2.93. The molecule has 2 atom stereocenters. The van der Waals surface area contributed by atoms with E-state index in [2.05, 4.69) is 0 Å². The molecule has 0 fully saturated rings. The van der Waals surface area contributed by atoms with E-state index in [0.29, 0.717) is 0 Å². The molecule has 0 aliphatic rings. The molecule has 0 aromatic carbocycles. The van der Waals surface area contributed by atoms with Crippen LogP contribution in [0.3, 0.4) is 0 Å². The fraction of sp³-hybridized carbons (Fsp3) is 1.00. The predicted molar refractivity (Wildman–Crippen MR) is 92.3 cm³/mol. The van der Waals surface area contributed by atoms with Gasteiger partial charge < -0.3 is 0 Å². The van der Waals surface area contributed by atoms with Crippen molar-refractivity contribution in [3.63, 3.8) is 0 Å². The Morgan fingerprint density at radius 3 is 0.386 bits per heavy atom. The van der Waals surface area contributed by atoms with Gasteiger partial charge in [0, 0.05) is 0 Å². The van der Waals surface area contributed by atoms with Gasteiger partial charge in [-0.25, -0.2) is 0 Å². The van der Waals surface area contributed by atoms with E-state index >= 15 is 0 Å². The molecule has 0 aromatic rings. The van der Waals surface area contributed by atoms with Crippen LogP contribution in [0.15, 0.2) is 0 Å². The molecule has 0 aromatic heterocycles. The molecule has 344 valence electrons. The highest BCUT2D eigenvalue weighted by molar-refractivity contribution is 5.19. The third kappa shape index (κ3) is 6.46. The molecule has 39 heteroatoms. The lowest BCUT2D eigenvalue weighted by Crippen LogP contribution is -2.80. The number of hydrogen-bond acceptors (Lipinski definition) is 1. The van der Waals surface area contributed by atoms with Crippen LogP contribution in [-0.4, -0.2) is 107 Å². The number of hydrogen-bond donors (Lipinski definition) is 0. The molecule has 0 saturated carbocycles. The summed E-state index contributed by atoms with van der Waals surface area (Å²) in [5.74, 6) is -140. The summed E-state index contributed by atoms with van der Waals surface area (Å²) in [5.41, 5.74) is 0. The standard InChI is InChI=1S/C18F38O/c19-1(20,3(23,24)7(31,32)11(39,40)15(45,46)47)5(27,28)9(35,36)13(43,17(51,52)53)57-14(44,18(54,55)56)10(37,38)6(29,30)2(21,22)4(25,26)8(33,34)12(41,42)16(48,49)50. The molecular weight excluding hydrogens is 954 g/mol. The van der Waals surface area contributed by atoms with E-state index in [9.17, 15) is 167 Å². The predicted octanol–water partition coefficient (Wildman–Crippen LogP) is 12.2. The normalized spacial score (nSPS) is 19.1. The average molecular weight is 954 g/mol. The second kappa shape index (κ2) is 12.9. The Morgan fingerprint density at radius 1 is 0.140 bits per heavy atom. The van der Waals surface area contributed by atoms with Gasteiger partial charge in [-0.15, -0.1) is 0 Å². The van der Waals surface area contributed by atoms with Gasteiger partial charge in [0.25, 0.3) is 0 Å². The minimum Gasteiger partial charge on any atom is -0.284 e. The number of halogens is 38. The van der Waals surface area contributed by atoms with Crippen molar-refractivity contribution in [3.05, 3.63) is 0 Å². The van der Waals surface area contributed by atoms with Gasteiger partial charge in [0.05, 0.1) is 0 Å². The third-order valence-electron chi connectivity index (χ3n) is 6.47. The Hall–Kier alpha value is -2.70. The summed E-state index contributed by atoms with van der Waals surface area (Å²) < 4.78 is 506. The zero-order valence-electron chi connectivity index (χ0n) is 23.8. The van der Waals surface area contributed by atoms with Crippen LogP contribution < -0.4 is 0 Å². The van der Waals surface area contributed by atoms with Crippen molar-refractivity contribution in [3.8, 4) is 0 Å². The minimum absolute atomic E-state index is 0.256. The van der Waals surface area contributed by atoms with Gasteiger partial charge in [-0.1, -0.05) is 0 Å². The van der Waals surface area contributed by atoms with Gasteiger partial charge in [-0.05, 0) is 0 Å². The van der Waals surface area contributed by atoms with E-state index in [1.807, 2.05) is 0 Å². The summed E-state index contributed by atoms with van der Waals surface area (Å²) in [6, 6.07) is 0. The fourth-order valence-electron chi connectivity index (χ4n) is 3.13. The molecule has 0 rings (SSSR count). The van der Waals surface area contributed by atoms with Gasteiger partial charge in [-0.3, -0.25) is 4.74 Å². The van der Waals surface area contributed by atoms with Crippen LogP contribution in [0, 0.1) is 0 Å². The smallest absolute Gasteiger partial charge is 0.284 e. The second-order valence-corrected chi connectivity index (χ2v) is 10.2. The lowest BCUT2D eigenvalue weighted by atomic mass is 9.87. The van der Waals surface area contributed by atoms with Gasteiger partial charge in [0.2, 0.25) is 0 Å². The molecule has 0 heterocycles. The quantitative estimate of drug-likeness (QED) is 0.158. The largest absolute Gasteiger partial charge is 0.460 e. The first-order valence-electron chi connectivity index (χ1n) is 11.6. The summed E-state index contributed by atoms with van der Waals surface area (Å²) in [5, 5.41) is 0. The van der Waals surface area contributed by atoms with Gasteiger partial charge >= 0.3 is 107 Å². The zero-order valence-corrected chi connectivity index (χ0v) is 23.8. The third-order valence-corrected chi connectivity index (χ3v) is 6.47. The summed E-state index contributed by atoms with van der Waals surface area (Å²) in [7, 11) is 0. The van der Waals surface area contributed by atoms with Crippen LogP contribution in [0.25, 0.3) is 0 Å². The monoisotopic (exact) mass is 954 g/mol. The number of alkyl halides is 38. The van der Waals surface area contributed by atoms with Crippen LogP contribution in [0.1, 0.15) is 0 Å². The van der Waals surface area contributed by atoms with Crippen molar-refractivity contribution in [2.75, 3.05) is 0 Å². The van der Waals surface area contributed by atoms with E-state index in [1.54, 1.807) is 0 Å². The number of rotatable bonds is 14. The zero-order chi connectivity index (χ0) is 47.7. The van der Waals surface area contributed by atoms with Crippen molar-refractivity contribution in [1.29, 1.82) is 0 Å². The van der Waals surface area contributed by atoms with Gasteiger partial charge in [-0.2, -0.15) is 167 Å². The van der Waals surface area contributed by atoms with E-state index < -0.39 is 107 Å². The molecule has 0 amide bonds. The number of ether oxygens (including phenoxy) is 1. The molecule has 1 nitrogen and oxygen atoms in total.